The van der Waals surface area contributed by atoms with E-state index in [4.69, 9.17) is 15.2 Å². The first-order valence-electron chi connectivity index (χ1n) is 15.2. The van der Waals surface area contributed by atoms with Gasteiger partial charge in [0.1, 0.15) is 18.3 Å². The first-order chi connectivity index (χ1) is 20.6. The third kappa shape index (κ3) is 6.61. The molecular formula is C33H47N3O8. The fraction of sp³-hybridized carbons (Fsp3) is 0.576. The molecule has 2 aliphatic rings. The molecule has 2 fully saturated rings. The summed E-state index contributed by atoms with van der Waals surface area (Å²) in [5.41, 5.74) is 6.92. The number of carbonyl (C=O) groups excluding carboxylic acids is 2. The molecule has 2 amide bonds. The molecule has 242 valence electrons. The number of fused-ring (bicyclic) bond motifs is 2. The van der Waals surface area contributed by atoms with Crippen molar-refractivity contribution in [2.24, 2.45) is 5.73 Å². The van der Waals surface area contributed by atoms with Crippen molar-refractivity contribution in [2.75, 3.05) is 26.7 Å². The molecule has 0 radical (unpaired) electrons. The van der Waals surface area contributed by atoms with E-state index >= 15 is 0 Å². The number of amides is 2. The highest BCUT2D eigenvalue weighted by molar-refractivity contribution is 5.97. The number of aryl methyl sites for hydroxylation is 2. The van der Waals surface area contributed by atoms with Gasteiger partial charge in [0.2, 0.25) is 17.6 Å². The maximum Gasteiger partial charge on any atom is 0.243 e. The van der Waals surface area contributed by atoms with Gasteiger partial charge in [0.25, 0.3) is 0 Å². The Hall–Kier alpha value is -2.74. The number of rotatable bonds is 12. The third-order valence-electron chi connectivity index (χ3n) is 9.21. The minimum Gasteiger partial charge on any atom is -0.387 e. The summed E-state index contributed by atoms with van der Waals surface area (Å²) in [6, 6.07) is 13.2. The molecule has 2 heterocycles. The van der Waals surface area contributed by atoms with Crippen LogP contribution in [0.1, 0.15) is 61.4 Å². The van der Waals surface area contributed by atoms with Gasteiger partial charge in [-0.3, -0.25) is 19.8 Å². The van der Waals surface area contributed by atoms with E-state index < -0.39 is 41.3 Å². The fourth-order valence-corrected chi connectivity index (χ4v) is 5.96. The molecular weight excluding hydrogens is 566 g/mol. The number of hydrogen-bond donors (Lipinski definition) is 6. The highest BCUT2D eigenvalue weighted by atomic mass is 16.8. The van der Waals surface area contributed by atoms with Crippen LogP contribution < -0.4 is 11.1 Å². The average molecular weight is 614 g/mol. The predicted octanol–water partition coefficient (Wildman–Crippen LogP) is 0.636. The molecule has 2 bridgehead atoms. The van der Waals surface area contributed by atoms with Gasteiger partial charge < -0.3 is 35.6 Å². The number of ether oxygens (including phenoxy) is 2. The van der Waals surface area contributed by atoms with Crippen molar-refractivity contribution >= 4 is 11.8 Å². The average Bonchev–Trinajstić information content (AvgIpc) is 3.38. The van der Waals surface area contributed by atoms with Gasteiger partial charge in [-0.05, 0) is 82.3 Å². The largest absolute Gasteiger partial charge is 0.387 e. The lowest BCUT2D eigenvalue weighted by atomic mass is 9.75. The van der Waals surface area contributed by atoms with Gasteiger partial charge in [-0.15, -0.1) is 0 Å². The minimum absolute atomic E-state index is 0.209. The van der Waals surface area contributed by atoms with Crippen LogP contribution in [0.25, 0.3) is 0 Å². The molecule has 4 rings (SSSR count). The Morgan fingerprint density at radius 2 is 1.77 bits per heavy atom. The Labute approximate surface area is 259 Å². The van der Waals surface area contributed by atoms with Crippen LogP contribution in [-0.2, 0) is 37.7 Å². The van der Waals surface area contributed by atoms with Crippen molar-refractivity contribution in [2.45, 2.75) is 94.7 Å². The van der Waals surface area contributed by atoms with E-state index in [9.17, 15) is 30.0 Å². The van der Waals surface area contributed by atoms with Crippen LogP contribution in [0.2, 0.25) is 0 Å². The Morgan fingerprint density at radius 1 is 1.11 bits per heavy atom. The summed E-state index contributed by atoms with van der Waals surface area (Å²) < 4.78 is 12.2. The molecule has 1 unspecified atom stereocenters. The number of carbonyl (C=O) groups is 2. The van der Waals surface area contributed by atoms with Crippen molar-refractivity contribution in [1.82, 2.24) is 10.2 Å². The van der Waals surface area contributed by atoms with Crippen LogP contribution in [0.4, 0.5) is 0 Å². The highest BCUT2D eigenvalue weighted by Crippen LogP contribution is 2.53. The molecule has 2 aromatic rings. The molecule has 7 N–H and O–H groups in total. The zero-order valence-corrected chi connectivity index (χ0v) is 26.2. The molecule has 0 spiro atoms. The molecule has 2 saturated heterocycles. The van der Waals surface area contributed by atoms with Crippen molar-refractivity contribution in [3.63, 3.8) is 0 Å². The van der Waals surface area contributed by atoms with E-state index in [1.54, 1.807) is 24.9 Å². The molecule has 11 nitrogen and oxygen atoms in total. The number of nitrogens with zero attached hydrogens (tertiary/aromatic N) is 1. The molecule has 0 saturated carbocycles. The van der Waals surface area contributed by atoms with Gasteiger partial charge in [0, 0.05) is 25.1 Å². The van der Waals surface area contributed by atoms with E-state index in [0.717, 1.165) is 22.3 Å². The smallest absolute Gasteiger partial charge is 0.243 e. The SMILES string of the molecule is Cc1ccc([C@]23OC[C@](C(C)(C)O)(O2)[C@@H](O)[C@H](O)[C@H]3O)cc1Cc1ccc(CCCC(=O)NC(=O)C(C)N(C)CCN)cc1. The number of aliphatic hydroxyl groups is 4. The van der Waals surface area contributed by atoms with Gasteiger partial charge in [-0.2, -0.15) is 0 Å². The maximum atomic E-state index is 12.3. The van der Waals surface area contributed by atoms with Crippen molar-refractivity contribution in [3.05, 3.63) is 70.3 Å². The number of nitrogens with two attached hydrogens (primary N) is 1. The molecule has 0 aliphatic carbocycles. The summed E-state index contributed by atoms with van der Waals surface area (Å²) in [6.45, 7) is 7.46. The number of benzene rings is 2. The predicted molar refractivity (Wildman–Crippen MR) is 163 cm³/mol. The van der Waals surface area contributed by atoms with E-state index in [1.165, 1.54) is 13.8 Å². The minimum atomic E-state index is -1.75. The van der Waals surface area contributed by atoms with Gasteiger partial charge in [-0.25, -0.2) is 0 Å². The summed E-state index contributed by atoms with van der Waals surface area (Å²) in [7, 11) is 1.79. The van der Waals surface area contributed by atoms with Gasteiger partial charge in [0.15, 0.2) is 5.60 Å². The third-order valence-corrected chi connectivity index (χ3v) is 9.21. The molecule has 11 heteroatoms. The standard InChI is InChI=1S/C33H47N3O8/c1-20-9-14-25(33-29(40)27(38)28(39)32(44-33,19-43-33)31(3,4)42)18-24(20)17-23-12-10-22(11-13-23)7-6-8-26(37)35-30(41)21(2)36(5)16-15-34/h9-14,18,21,27-29,38-40,42H,6-8,15-17,19,34H2,1-5H3,(H,35,37,41)/t21?,27-,28-,29+,32-,33-/m0/s1. The number of hydrogen-bond acceptors (Lipinski definition) is 10. The summed E-state index contributed by atoms with van der Waals surface area (Å²) in [4.78, 5) is 26.4. The second-order valence-electron chi connectivity index (χ2n) is 12.7. The zero-order chi connectivity index (χ0) is 32.4. The first kappa shape index (κ1) is 34.1. The van der Waals surface area contributed by atoms with Gasteiger partial charge in [0.05, 0.1) is 18.2 Å². The number of imide groups is 1. The zero-order valence-electron chi connectivity index (χ0n) is 26.2. The Morgan fingerprint density at radius 3 is 2.41 bits per heavy atom. The maximum absolute atomic E-state index is 12.3. The summed E-state index contributed by atoms with van der Waals surface area (Å²) in [6.07, 6.45) is -2.61. The van der Waals surface area contributed by atoms with Crippen molar-refractivity contribution in [1.29, 1.82) is 0 Å². The molecule has 2 aromatic carbocycles. The second kappa shape index (κ2) is 13.3. The Balaban J connectivity index is 1.39. The monoisotopic (exact) mass is 613 g/mol. The quantitative estimate of drug-likeness (QED) is 0.199. The molecule has 44 heavy (non-hydrogen) atoms. The lowest BCUT2D eigenvalue weighted by Crippen LogP contribution is -2.70. The van der Waals surface area contributed by atoms with Crippen molar-refractivity contribution < 1.29 is 39.5 Å². The Bertz CT molecular complexity index is 1330. The van der Waals surface area contributed by atoms with Crippen LogP contribution in [0.5, 0.6) is 0 Å². The first-order valence-corrected chi connectivity index (χ1v) is 15.2. The van der Waals surface area contributed by atoms with Gasteiger partial charge in [-0.1, -0.05) is 36.4 Å². The normalized spacial score (nSPS) is 27.4. The lowest BCUT2D eigenvalue weighted by molar-refractivity contribution is -0.348. The van der Waals surface area contributed by atoms with E-state index in [0.29, 0.717) is 37.9 Å². The number of nitrogens with one attached hydrogen (secondary N) is 1. The number of aliphatic hydroxyl groups excluding tert-OH is 3. The van der Waals surface area contributed by atoms with Crippen LogP contribution in [0, 0.1) is 6.92 Å². The Kier molecular flexibility index (Phi) is 10.3. The summed E-state index contributed by atoms with van der Waals surface area (Å²) in [5.74, 6) is -2.38. The molecule has 2 aliphatic heterocycles. The van der Waals surface area contributed by atoms with E-state index in [-0.39, 0.29) is 24.8 Å². The van der Waals surface area contributed by atoms with E-state index in [2.05, 4.69) is 5.32 Å². The number of likely N-dealkylation sites (N-methyl/N-ethyl adjacent to an activating group) is 1. The summed E-state index contributed by atoms with van der Waals surface area (Å²) in [5, 5.41) is 45.8. The van der Waals surface area contributed by atoms with Crippen LogP contribution >= 0.6 is 0 Å². The topological polar surface area (TPSA) is 175 Å². The van der Waals surface area contributed by atoms with E-state index in [1.807, 2.05) is 43.3 Å². The second-order valence-corrected chi connectivity index (χ2v) is 12.7. The van der Waals surface area contributed by atoms with Crippen LogP contribution in [0.15, 0.2) is 42.5 Å². The van der Waals surface area contributed by atoms with Gasteiger partial charge >= 0.3 is 0 Å². The molecule has 0 aromatic heterocycles. The fourth-order valence-electron chi connectivity index (χ4n) is 5.96. The lowest BCUT2D eigenvalue weighted by Gasteiger charge is -2.50. The molecule has 6 atom stereocenters. The van der Waals surface area contributed by atoms with Crippen molar-refractivity contribution in [3.8, 4) is 0 Å². The highest BCUT2D eigenvalue weighted by Gasteiger charge is 2.71. The van der Waals surface area contributed by atoms with Crippen LogP contribution in [-0.4, -0.2) is 99.4 Å². The summed E-state index contributed by atoms with van der Waals surface area (Å²) >= 11 is 0. The van der Waals surface area contributed by atoms with Crippen LogP contribution in [0.3, 0.4) is 0 Å².